The zero-order chi connectivity index (χ0) is 34.3. The van der Waals surface area contributed by atoms with Crippen LogP contribution in [0.3, 0.4) is 0 Å². The Balaban J connectivity index is 0.000000178. The summed E-state index contributed by atoms with van der Waals surface area (Å²) >= 11 is 8.02. The first-order valence-corrected chi connectivity index (χ1v) is 18.8. The first-order chi connectivity index (χ1) is 23.2. The molecule has 0 aliphatic rings. The van der Waals surface area contributed by atoms with Crippen LogP contribution >= 0.6 is 67.9 Å². The van der Waals surface area contributed by atoms with E-state index in [-0.39, 0.29) is 18.3 Å². The van der Waals surface area contributed by atoms with Crippen molar-refractivity contribution in [3.05, 3.63) is 118 Å². The summed E-state index contributed by atoms with van der Waals surface area (Å²) in [5, 5.41) is 38.0. The van der Waals surface area contributed by atoms with Gasteiger partial charge in [-0.25, -0.2) is 19.6 Å². The number of thiophene rings is 2. The molecule has 48 heavy (non-hydrogen) atoms. The van der Waals surface area contributed by atoms with Crippen molar-refractivity contribution in [2.45, 2.75) is 20.1 Å². The number of nitrogens with zero attached hydrogens (tertiary/aromatic N) is 2. The van der Waals surface area contributed by atoms with E-state index in [9.17, 15) is 9.59 Å². The van der Waals surface area contributed by atoms with Crippen LogP contribution in [0.4, 0.5) is 0 Å². The van der Waals surface area contributed by atoms with Crippen molar-refractivity contribution in [2.75, 3.05) is 6.61 Å². The van der Waals surface area contributed by atoms with Gasteiger partial charge in [-0.05, 0) is 110 Å². The lowest BCUT2D eigenvalue weighted by molar-refractivity contribution is 0.0519. The van der Waals surface area contributed by atoms with Crippen LogP contribution in [0.25, 0.3) is 11.1 Å². The summed E-state index contributed by atoms with van der Waals surface area (Å²) in [5.74, 6) is 0.117. The van der Waals surface area contributed by atoms with Gasteiger partial charge in [0.25, 0.3) is 0 Å². The van der Waals surface area contributed by atoms with Crippen LogP contribution in [-0.4, -0.2) is 50.8 Å². The Morgan fingerprint density at radius 2 is 1.31 bits per heavy atom. The number of rotatable bonds is 11. The molecule has 16 heteroatoms. The van der Waals surface area contributed by atoms with E-state index in [0.717, 1.165) is 25.6 Å². The Kier molecular flexibility index (Phi) is 15.0. The highest BCUT2D eigenvalue weighted by atomic mass is 127. The fourth-order valence-corrected chi connectivity index (χ4v) is 6.62. The lowest BCUT2D eigenvalue weighted by Crippen LogP contribution is -2.27. The van der Waals surface area contributed by atoms with Gasteiger partial charge in [0.2, 0.25) is 0 Å². The molecule has 10 nitrogen and oxygen atoms in total. The van der Waals surface area contributed by atoms with Gasteiger partial charge in [0.1, 0.15) is 34.7 Å². The highest BCUT2D eigenvalue weighted by Crippen LogP contribution is 2.25. The van der Waals surface area contributed by atoms with Crippen molar-refractivity contribution < 1.29 is 39.0 Å². The van der Waals surface area contributed by atoms with Crippen molar-refractivity contribution in [1.82, 2.24) is 9.97 Å². The standard InChI is InChI=1S/C15H11NO3S2.C13H12INO3S.C4H5BO2S/c17-15(18)13-9-21-14(16-13)7-19-12-3-1-10(2-4-12)11-5-6-20-8-11;1-2-17-13(16)11-8-19-12(15-11)7-18-10-5-3-9(14)4-6-10;6-5(7)4-1-2-8-3-4/h1-6,8-9H,7H2,(H,17,18);3-6,8H,2,7H2,1H3;1-3,6-7H. The van der Waals surface area contributed by atoms with Crippen LogP contribution in [0.15, 0.2) is 92.9 Å². The summed E-state index contributed by atoms with van der Waals surface area (Å²) in [6.07, 6.45) is 0. The predicted molar refractivity (Wildman–Crippen MR) is 199 cm³/mol. The summed E-state index contributed by atoms with van der Waals surface area (Å²) in [6.45, 7) is 2.75. The van der Waals surface area contributed by atoms with Crippen LogP contribution in [0.1, 0.15) is 37.9 Å². The minimum Gasteiger partial charge on any atom is -0.486 e. The topological polar surface area (TPSA) is 148 Å². The second kappa shape index (κ2) is 19.4. The number of halogens is 1. The largest absolute Gasteiger partial charge is 0.489 e. The van der Waals surface area contributed by atoms with Gasteiger partial charge in [-0.15, -0.1) is 22.7 Å². The number of carboxylic acid groups (broad SMARTS) is 1. The predicted octanol–water partition coefficient (Wildman–Crippen LogP) is 7.08. The maximum absolute atomic E-state index is 11.5. The molecule has 6 aromatic rings. The normalized spacial score (nSPS) is 10.2. The van der Waals surface area contributed by atoms with Crippen LogP contribution in [0.5, 0.6) is 11.5 Å². The number of carbonyl (C=O) groups excluding carboxylic acids is 1. The second-order valence-electron chi connectivity index (χ2n) is 9.28. The van der Waals surface area contributed by atoms with E-state index in [1.165, 1.54) is 45.0 Å². The number of carbonyl (C=O) groups is 2. The molecular formula is C32H28BIN2O8S4. The van der Waals surface area contributed by atoms with Gasteiger partial charge in [-0.2, -0.15) is 22.7 Å². The van der Waals surface area contributed by atoms with E-state index in [4.69, 9.17) is 29.4 Å². The van der Waals surface area contributed by atoms with Crippen molar-refractivity contribution in [3.63, 3.8) is 0 Å². The van der Waals surface area contributed by atoms with Gasteiger partial charge in [-0.3, -0.25) is 0 Å². The zero-order valence-corrected chi connectivity index (χ0v) is 30.6. The SMILES string of the molecule is CCOC(=O)c1csc(COc2ccc(I)cc2)n1.O=C(O)c1csc(COc2ccc(-c3ccsc3)cc2)n1.OB(O)c1ccsc1. The van der Waals surface area contributed by atoms with Gasteiger partial charge >= 0.3 is 19.1 Å². The fourth-order valence-electron chi connectivity index (χ4n) is 3.57. The van der Waals surface area contributed by atoms with Crippen LogP contribution < -0.4 is 14.9 Å². The Morgan fingerprint density at radius 1 is 0.750 bits per heavy atom. The van der Waals surface area contributed by atoms with Gasteiger partial charge in [-0.1, -0.05) is 18.2 Å². The Labute approximate surface area is 306 Å². The minimum atomic E-state index is -1.30. The molecule has 4 aromatic heterocycles. The molecule has 248 valence electrons. The first kappa shape index (κ1) is 37.2. The van der Waals surface area contributed by atoms with Gasteiger partial charge in [0, 0.05) is 14.3 Å². The lowest BCUT2D eigenvalue weighted by atomic mass is 9.83. The number of hydrogen-bond acceptors (Lipinski definition) is 13. The van der Waals surface area contributed by atoms with Gasteiger partial charge < -0.3 is 29.4 Å². The van der Waals surface area contributed by atoms with Crippen molar-refractivity contribution >= 4 is 92.5 Å². The summed E-state index contributed by atoms with van der Waals surface area (Å²) in [5.41, 5.74) is 3.30. The molecule has 0 fully saturated rings. The van der Waals surface area contributed by atoms with E-state index in [1.54, 1.807) is 40.5 Å². The number of ether oxygens (including phenoxy) is 3. The first-order valence-electron chi connectivity index (χ1n) is 14.0. The minimum absolute atomic E-state index is 0.0615. The number of esters is 1. The molecule has 0 saturated heterocycles. The molecule has 0 radical (unpaired) electrons. The maximum Gasteiger partial charge on any atom is 0.489 e. The number of aromatic carboxylic acids is 1. The number of thiazole rings is 2. The molecule has 0 aliphatic carbocycles. The number of aromatic nitrogens is 2. The Hall–Kier alpha value is -3.65. The Morgan fingerprint density at radius 3 is 1.79 bits per heavy atom. The molecule has 2 aromatic carbocycles. The van der Waals surface area contributed by atoms with Crippen molar-refractivity contribution in [3.8, 4) is 22.6 Å². The highest BCUT2D eigenvalue weighted by Gasteiger charge is 2.12. The summed E-state index contributed by atoms with van der Waals surface area (Å²) in [7, 11) is -1.30. The maximum atomic E-state index is 11.5. The average molecular weight is 835 g/mol. The molecule has 0 atom stereocenters. The van der Waals surface area contributed by atoms with Crippen molar-refractivity contribution in [1.29, 1.82) is 0 Å². The van der Waals surface area contributed by atoms with Crippen molar-refractivity contribution in [2.24, 2.45) is 0 Å². The third-order valence-electron chi connectivity index (χ3n) is 5.90. The second-order valence-corrected chi connectivity index (χ2v) is 14.0. The molecule has 0 bridgehead atoms. The molecule has 0 saturated carbocycles. The van der Waals surface area contributed by atoms with E-state index in [0.29, 0.717) is 29.4 Å². The molecule has 6 rings (SSSR count). The van der Waals surface area contributed by atoms with E-state index in [1.807, 2.05) is 53.9 Å². The number of benzene rings is 2. The Bertz CT molecular complexity index is 1830. The van der Waals surface area contributed by atoms with E-state index in [2.05, 4.69) is 44.0 Å². The molecule has 4 heterocycles. The number of hydrogen-bond donors (Lipinski definition) is 3. The average Bonchev–Trinajstić information content (AvgIpc) is 3.93. The summed E-state index contributed by atoms with van der Waals surface area (Å²) < 4.78 is 17.2. The quantitative estimate of drug-likeness (QED) is 0.0703. The smallest absolute Gasteiger partial charge is 0.486 e. The molecular weight excluding hydrogens is 806 g/mol. The molecule has 0 amide bonds. The lowest BCUT2D eigenvalue weighted by Gasteiger charge is -2.05. The zero-order valence-electron chi connectivity index (χ0n) is 25.2. The third-order valence-corrected chi connectivity index (χ3v) is 9.64. The monoisotopic (exact) mass is 834 g/mol. The van der Waals surface area contributed by atoms with Gasteiger partial charge in [0.05, 0.1) is 6.61 Å². The summed E-state index contributed by atoms with van der Waals surface area (Å²) in [6, 6.07) is 19.3. The van der Waals surface area contributed by atoms with E-state index >= 15 is 0 Å². The molecule has 0 unspecified atom stereocenters. The highest BCUT2D eigenvalue weighted by molar-refractivity contribution is 14.1. The number of carboxylic acids is 1. The molecule has 0 aliphatic heterocycles. The van der Waals surface area contributed by atoms with E-state index < -0.39 is 13.1 Å². The summed E-state index contributed by atoms with van der Waals surface area (Å²) in [4.78, 5) is 30.3. The van der Waals surface area contributed by atoms with Gasteiger partial charge in [0.15, 0.2) is 11.4 Å². The van der Waals surface area contributed by atoms with Crippen LogP contribution in [-0.2, 0) is 18.0 Å². The van der Waals surface area contributed by atoms with Crippen LogP contribution in [0.2, 0.25) is 0 Å². The molecule has 3 N–H and O–H groups in total. The third kappa shape index (κ3) is 12.1. The molecule has 0 spiro atoms. The fraction of sp³-hybridized carbons (Fsp3) is 0.125. The van der Waals surface area contributed by atoms with Crippen LogP contribution in [0, 0.1) is 3.57 Å².